The monoisotopic (exact) mass is 151 g/mol. The van der Waals surface area contributed by atoms with Gasteiger partial charge in [0.2, 0.25) is 0 Å². The van der Waals surface area contributed by atoms with E-state index in [0.29, 0.717) is 0 Å². The highest BCUT2D eigenvalue weighted by Crippen LogP contribution is 2.04. The lowest BCUT2D eigenvalue weighted by molar-refractivity contribution is 0.667. The van der Waals surface area contributed by atoms with Crippen LogP contribution in [0, 0.1) is 6.20 Å². The molecular formula is C9H15N2. The smallest absolute Gasteiger partial charge is 0.116 e. The van der Waals surface area contributed by atoms with E-state index in [0.717, 1.165) is 6.42 Å². The third-order valence-corrected chi connectivity index (χ3v) is 1.80. The summed E-state index contributed by atoms with van der Waals surface area (Å²) in [4.78, 5) is 0. The van der Waals surface area contributed by atoms with Gasteiger partial charge in [0.05, 0.1) is 0 Å². The number of aryl methyl sites for hydroxylation is 1. The highest BCUT2D eigenvalue weighted by Gasteiger charge is 1.93. The zero-order valence-electron chi connectivity index (χ0n) is 7.06. The van der Waals surface area contributed by atoms with Gasteiger partial charge < -0.3 is 0 Å². The lowest BCUT2D eigenvalue weighted by Gasteiger charge is -1.95. The zero-order valence-corrected chi connectivity index (χ0v) is 7.06. The summed E-state index contributed by atoms with van der Waals surface area (Å²) in [5.41, 5.74) is 1.21. The van der Waals surface area contributed by atoms with Crippen molar-refractivity contribution in [3.05, 3.63) is 18.0 Å². The SMILES string of the molecule is CCCCCCc1[c]n[nH]c1. The van der Waals surface area contributed by atoms with E-state index in [1.54, 1.807) is 0 Å². The second kappa shape index (κ2) is 4.94. The van der Waals surface area contributed by atoms with E-state index in [9.17, 15) is 0 Å². The molecule has 0 atom stereocenters. The Morgan fingerprint density at radius 2 is 2.36 bits per heavy atom. The molecule has 1 aromatic heterocycles. The fraction of sp³-hybridized carbons (Fsp3) is 0.667. The molecule has 0 aliphatic rings. The molecule has 1 radical (unpaired) electrons. The Bertz CT molecular complexity index is 168. The van der Waals surface area contributed by atoms with Crippen LogP contribution in [0.1, 0.15) is 38.2 Å². The summed E-state index contributed by atoms with van der Waals surface area (Å²) < 4.78 is 0. The van der Waals surface area contributed by atoms with Crippen LogP contribution in [0.3, 0.4) is 0 Å². The fourth-order valence-corrected chi connectivity index (χ4v) is 1.12. The lowest BCUT2D eigenvalue weighted by atomic mass is 10.1. The van der Waals surface area contributed by atoms with E-state index < -0.39 is 0 Å². The number of nitrogens with zero attached hydrogens (tertiary/aromatic N) is 1. The van der Waals surface area contributed by atoms with Crippen molar-refractivity contribution in [2.24, 2.45) is 0 Å². The number of unbranched alkanes of at least 4 members (excludes halogenated alkanes) is 3. The molecule has 0 aliphatic heterocycles. The first kappa shape index (κ1) is 8.31. The van der Waals surface area contributed by atoms with Gasteiger partial charge in [0, 0.05) is 6.20 Å². The molecule has 0 aliphatic carbocycles. The molecule has 61 valence electrons. The molecule has 0 saturated carbocycles. The van der Waals surface area contributed by atoms with Crippen molar-refractivity contribution in [2.75, 3.05) is 0 Å². The maximum absolute atomic E-state index is 3.77. The Balaban J connectivity index is 2.04. The standard InChI is InChI=1S/C9H15N2/c1-2-3-4-5-6-9-7-10-11-8-9/h7H,2-6H2,1H3,(H,10,11). The summed E-state index contributed by atoms with van der Waals surface area (Å²) in [6.45, 7) is 2.23. The quantitative estimate of drug-likeness (QED) is 0.643. The molecule has 0 spiro atoms. The van der Waals surface area contributed by atoms with Crippen LogP contribution in [-0.2, 0) is 6.42 Å². The summed E-state index contributed by atoms with van der Waals surface area (Å²) in [5.74, 6) is 0. The largest absolute Gasteiger partial charge is 0.285 e. The first-order valence-electron chi connectivity index (χ1n) is 4.34. The zero-order chi connectivity index (χ0) is 7.94. The molecule has 0 aromatic carbocycles. The van der Waals surface area contributed by atoms with E-state index in [1.807, 2.05) is 6.20 Å². The van der Waals surface area contributed by atoms with Crippen molar-refractivity contribution in [3.8, 4) is 0 Å². The third-order valence-electron chi connectivity index (χ3n) is 1.80. The van der Waals surface area contributed by atoms with E-state index >= 15 is 0 Å². The minimum Gasteiger partial charge on any atom is -0.285 e. The van der Waals surface area contributed by atoms with Crippen LogP contribution in [-0.4, -0.2) is 10.2 Å². The number of hydrogen-bond donors (Lipinski definition) is 1. The van der Waals surface area contributed by atoms with Crippen LogP contribution in [0.25, 0.3) is 0 Å². The average Bonchev–Trinajstić information content (AvgIpc) is 2.50. The van der Waals surface area contributed by atoms with Crippen molar-refractivity contribution in [2.45, 2.75) is 39.0 Å². The predicted octanol–water partition coefficient (Wildman–Crippen LogP) is 2.33. The van der Waals surface area contributed by atoms with Crippen LogP contribution >= 0.6 is 0 Å². The van der Waals surface area contributed by atoms with Crippen LogP contribution in [0.5, 0.6) is 0 Å². The van der Waals surface area contributed by atoms with Gasteiger partial charge in [-0.3, -0.25) is 5.10 Å². The Labute approximate surface area is 68.0 Å². The van der Waals surface area contributed by atoms with E-state index in [-0.39, 0.29) is 0 Å². The highest BCUT2D eigenvalue weighted by molar-refractivity contribution is 5.00. The average molecular weight is 151 g/mol. The van der Waals surface area contributed by atoms with Gasteiger partial charge in [-0.25, -0.2) is 0 Å². The van der Waals surface area contributed by atoms with Gasteiger partial charge in [0.25, 0.3) is 0 Å². The Morgan fingerprint density at radius 1 is 1.45 bits per heavy atom. The van der Waals surface area contributed by atoms with Crippen LogP contribution < -0.4 is 0 Å². The number of hydrogen-bond acceptors (Lipinski definition) is 1. The van der Waals surface area contributed by atoms with Crippen LogP contribution in [0.15, 0.2) is 6.20 Å². The lowest BCUT2D eigenvalue weighted by Crippen LogP contribution is -1.82. The number of aromatic nitrogens is 2. The second-order valence-electron chi connectivity index (χ2n) is 2.83. The van der Waals surface area contributed by atoms with Gasteiger partial charge in [-0.15, -0.1) is 0 Å². The molecule has 11 heavy (non-hydrogen) atoms. The maximum Gasteiger partial charge on any atom is 0.116 e. The molecule has 1 N–H and O–H groups in total. The third kappa shape index (κ3) is 3.21. The number of H-pyrrole nitrogens is 1. The summed E-state index contributed by atoms with van der Waals surface area (Å²) >= 11 is 0. The molecule has 0 amide bonds. The van der Waals surface area contributed by atoms with Crippen molar-refractivity contribution in [1.29, 1.82) is 0 Å². The first-order chi connectivity index (χ1) is 5.43. The summed E-state index contributed by atoms with van der Waals surface area (Å²) in [6, 6.07) is 0. The molecule has 1 heterocycles. The number of rotatable bonds is 5. The topological polar surface area (TPSA) is 28.7 Å². The van der Waals surface area contributed by atoms with Gasteiger partial charge in [-0.1, -0.05) is 26.2 Å². The molecule has 2 nitrogen and oxygen atoms in total. The van der Waals surface area contributed by atoms with E-state index in [1.165, 1.54) is 31.2 Å². The fourth-order valence-electron chi connectivity index (χ4n) is 1.12. The first-order valence-corrected chi connectivity index (χ1v) is 4.34. The molecule has 0 bridgehead atoms. The molecule has 2 heteroatoms. The van der Waals surface area contributed by atoms with Crippen molar-refractivity contribution in [3.63, 3.8) is 0 Å². The number of aromatic amines is 1. The van der Waals surface area contributed by atoms with Crippen molar-refractivity contribution in [1.82, 2.24) is 10.2 Å². The number of nitrogens with one attached hydrogen (secondary N) is 1. The summed E-state index contributed by atoms with van der Waals surface area (Å²) in [7, 11) is 0. The minimum absolute atomic E-state index is 1.12. The van der Waals surface area contributed by atoms with E-state index in [2.05, 4.69) is 23.3 Å². The second-order valence-corrected chi connectivity index (χ2v) is 2.83. The maximum atomic E-state index is 3.77. The van der Waals surface area contributed by atoms with Crippen LogP contribution in [0.4, 0.5) is 0 Å². The molecule has 1 aromatic rings. The van der Waals surface area contributed by atoms with Gasteiger partial charge >= 0.3 is 0 Å². The van der Waals surface area contributed by atoms with Gasteiger partial charge in [0.1, 0.15) is 6.20 Å². The normalized spacial score (nSPS) is 10.3. The Kier molecular flexibility index (Phi) is 3.73. The Morgan fingerprint density at radius 3 is 3.00 bits per heavy atom. The Hall–Kier alpha value is -0.790. The van der Waals surface area contributed by atoms with Gasteiger partial charge in [-0.2, -0.15) is 5.10 Å². The molecular weight excluding hydrogens is 136 g/mol. The predicted molar refractivity (Wildman–Crippen MR) is 45.3 cm³/mol. The van der Waals surface area contributed by atoms with Gasteiger partial charge in [-0.05, 0) is 18.4 Å². The summed E-state index contributed by atoms with van der Waals surface area (Å²) in [6.07, 6.45) is 11.2. The summed E-state index contributed by atoms with van der Waals surface area (Å²) in [5, 5.41) is 6.54. The molecule has 0 saturated heterocycles. The minimum atomic E-state index is 1.12. The van der Waals surface area contributed by atoms with Crippen molar-refractivity contribution >= 4 is 0 Å². The molecule has 0 unspecified atom stereocenters. The van der Waals surface area contributed by atoms with Crippen LogP contribution in [0.2, 0.25) is 0 Å². The van der Waals surface area contributed by atoms with Gasteiger partial charge in [0.15, 0.2) is 0 Å². The molecule has 0 fully saturated rings. The van der Waals surface area contributed by atoms with E-state index in [4.69, 9.17) is 0 Å². The van der Waals surface area contributed by atoms with Crippen molar-refractivity contribution < 1.29 is 0 Å². The highest BCUT2D eigenvalue weighted by atomic mass is 15.1. The molecule has 1 rings (SSSR count).